The topological polar surface area (TPSA) is 74.6 Å². The summed E-state index contributed by atoms with van der Waals surface area (Å²) in [6.07, 6.45) is 0. The van der Waals surface area contributed by atoms with Crippen LogP contribution in [0.2, 0.25) is 0 Å². The van der Waals surface area contributed by atoms with Crippen molar-refractivity contribution in [2.75, 3.05) is 0 Å². The van der Waals surface area contributed by atoms with E-state index in [4.69, 9.17) is 18.5 Å². The van der Waals surface area contributed by atoms with Crippen LogP contribution in [0.15, 0.2) is 0 Å². The Morgan fingerprint density at radius 1 is 1.00 bits per heavy atom. The third-order valence-electron chi connectivity index (χ3n) is 0. The fraction of sp³-hybridized carbons (Fsp3) is 0. The molecule has 0 radical (unpaired) electrons. The number of rotatable bonds is 0. The first kappa shape index (κ1) is 22.6. The van der Waals surface area contributed by atoms with Crippen LogP contribution in [0.1, 0.15) is 0 Å². The summed E-state index contributed by atoms with van der Waals surface area (Å²) in [4.78, 5) is 13.9. The summed E-state index contributed by atoms with van der Waals surface area (Å²) in [5, 5.41) is 0. The zero-order valence-corrected chi connectivity index (χ0v) is 5.47. The van der Waals surface area contributed by atoms with E-state index in [0.29, 0.717) is 0 Å². The van der Waals surface area contributed by atoms with Gasteiger partial charge in [0, 0.05) is 0 Å². The molecule has 0 aromatic carbocycles. The minimum absolute atomic E-state index is 0. The fourth-order valence-corrected chi connectivity index (χ4v) is 0. The average Bonchev–Trinajstić information content (AvgIpc) is 1.25. The van der Waals surface area contributed by atoms with Crippen molar-refractivity contribution >= 4 is 85.8 Å². The van der Waals surface area contributed by atoms with Gasteiger partial charge in [-0.1, -0.05) is 0 Å². The normalized spacial score (nSPS) is 5.00. The van der Waals surface area contributed by atoms with Crippen LogP contribution in [0.25, 0.3) is 0 Å². The number of hydrogen-bond donors (Lipinski definition) is 2. The van der Waals surface area contributed by atoms with Crippen molar-refractivity contribution in [3.8, 4) is 0 Å². The van der Waals surface area contributed by atoms with Crippen molar-refractivity contribution in [2.24, 2.45) is 0 Å². The van der Waals surface area contributed by atoms with Gasteiger partial charge in [0.1, 0.15) is 0 Å². The molecule has 10 heavy (non-hydrogen) atoms. The van der Waals surface area contributed by atoms with Gasteiger partial charge in [0.05, 0.1) is 0 Å². The van der Waals surface area contributed by atoms with Crippen molar-refractivity contribution in [1.82, 2.24) is 0 Å². The Hall–Kier alpha value is 1.75. The Morgan fingerprint density at radius 3 is 1.00 bits per heavy atom. The van der Waals surface area contributed by atoms with Crippen molar-refractivity contribution in [3.05, 3.63) is 0 Å². The first-order chi connectivity index (χ1) is 3.46. The van der Waals surface area contributed by atoms with E-state index < -0.39 is 18.5 Å². The zero-order chi connectivity index (χ0) is 7.15. The summed E-state index contributed by atoms with van der Waals surface area (Å²) in [5.41, 5.74) is 0. The maximum atomic E-state index is 10.1. The molecule has 0 fully saturated rings. The molecule has 0 saturated heterocycles. The fourth-order valence-electron chi connectivity index (χ4n) is 0. The van der Waals surface area contributed by atoms with Gasteiger partial charge < -0.3 is 9.59 Å². The molecule has 0 amide bonds. The average molecular weight is 226 g/mol. The second-order valence-corrected chi connectivity index (χ2v) is 1.52. The van der Waals surface area contributed by atoms with E-state index in [-0.39, 0.29) is 67.3 Å². The summed E-state index contributed by atoms with van der Waals surface area (Å²) in [6, 6.07) is 0. The quantitative estimate of drug-likeness (QED) is 0.345. The van der Waals surface area contributed by atoms with Crippen LogP contribution in [0, 0.1) is 0 Å². The van der Waals surface area contributed by atoms with Gasteiger partial charge in [-0.3, -0.25) is 8.92 Å². The molecule has 0 aliphatic carbocycles. The third kappa shape index (κ3) is 243. The van der Waals surface area contributed by atoms with Crippen LogP contribution in [0.4, 0.5) is 8.22 Å². The molecule has 0 rings (SSSR count). The Labute approximate surface area is 111 Å². The molecule has 0 aromatic rings. The van der Waals surface area contributed by atoms with E-state index in [2.05, 4.69) is 0 Å². The number of halogens is 2. The van der Waals surface area contributed by atoms with E-state index in [1.807, 2.05) is 0 Å². The molecule has 10 heteroatoms. The van der Waals surface area contributed by atoms with Crippen LogP contribution in [-0.2, 0) is 8.92 Å². The van der Waals surface area contributed by atoms with E-state index in [9.17, 15) is 8.22 Å². The Bertz CT molecular complexity index is 79.3. The number of hydrogen-bond acceptors (Lipinski definition) is 2. The van der Waals surface area contributed by atoms with E-state index in [1.54, 1.807) is 0 Å². The first-order valence-electron chi connectivity index (χ1n) is 1.23. The molecule has 0 spiro atoms. The van der Waals surface area contributed by atoms with Crippen molar-refractivity contribution in [2.45, 2.75) is 0 Å². The second-order valence-electron chi connectivity index (χ2n) is 0.506. The standard InChI is InChI=1S/Ca.2FHO2Si.Na.3H/c;2*1-4(2)3;;;;/h;2*2H;;;;. The molecule has 4 nitrogen and oxygen atoms in total. The molecule has 0 unspecified atom stereocenters. The van der Waals surface area contributed by atoms with Crippen LogP contribution >= 0.6 is 0 Å². The van der Waals surface area contributed by atoms with Gasteiger partial charge in [-0.2, -0.15) is 8.22 Å². The van der Waals surface area contributed by atoms with Gasteiger partial charge in [-0.15, -0.1) is 0 Å². The molecule has 0 bridgehead atoms. The second kappa shape index (κ2) is 17.0. The van der Waals surface area contributed by atoms with Crippen molar-refractivity contribution < 1.29 is 26.7 Å². The molecular weight excluding hydrogens is 221 g/mol. The molecule has 0 saturated carbocycles. The van der Waals surface area contributed by atoms with E-state index in [0.717, 1.165) is 0 Å². The first-order valence-corrected chi connectivity index (χ1v) is 3.70. The monoisotopic (exact) mass is 226 g/mol. The molecule has 0 aliphatic heterocycles. The molecular formula is H5CaF2NaO4Si2. The Kier molecular flexibility index (Phi) is 38.5. The summed E-state index contributed by atoms with van der Waals surface area (Å²) in [7, 11) is -7.26. The van der Waals surface area contributed by atoms with Crippen LogP contribution in [0.3, 0.4) is 0 Å². The van der Waals surface area contributed by atoms with Crippen LogP contribution in [-0.4, -0.2) is 95.4 Å². The van der Waals surface area contributed by atoms with Crippen molar-refractivity contribution in [1.29, 1.82) is 0 Å². The molecule has 0 atom stereocenters. The van der Waals surface area contributed by atoms with Crippen molar-refractivity contribution in [3.63, 3.8) is 0 Å². The molecule has 0 aliphatic rings. The Balaban J connectivity index is -0.0000000300. The molecule has 2 N–H and O–H groups in total. The van der Waals surface area contributed by atoms with Gasteiger partial charge in [0.15, 0.2) is 0 Å². The third-order valence-corrected chi connectivity index (χ3v) is 0. The predicted molar refractivity (Wildman–Crippen MR) is 35.2 cm³/mol. The summed E-state index contributed by atoms with van der Waals surface area (Å²) >= 11 is 0. The predicted octanol–water partition coefficient (Wildman–Crippen LogP) is -2.84. The van der Waals surface area contributed by atoms with Crippen LogP contribution < -0.4 is 0 Å². The van der Waals surface area contributed by atoms with Gasteiger partial charge in [0.25, 0.3) is 0 Å². The minimum atomic E-state index is -3.63. The van der Waals surface area contributed by atoms with Gasteiger partial charge in [-0.05, 0) is 0 Å². The van der Waals surface area contributed by atoms with E-state index in [1.165, 1.54) is 0 Å². The van der Waals surface area contributed by atoms with E-state index >= 15 is 0 Å². The van der Waals surface area contributed by atoms with Gasteiger partial charge in [0.2, 0.25) is 0 Å². The maximum absolute atomic E-state index is 10.1. The molecule has 54 valence electrons. The zero-order valence-electron chi connectivity index (χ0n) is 3.47. The molecule has 0 aromatic heterocycles. The molecule has 0 heterocycles. The Morgan fingerprint density at radius 2 is 1.00 bits per heavy atom. The summed E-state index contributed by atoms with van der Waals surface area (Å²) in [6.45, 7) is 0. The van der Waals surface area contributed by atoms with Crippen LogP contribution in [0.5, 0.6) is 0 Å². The summed E-state index contributed by atoms with van der Waals surface area (Å²) in [5.74, 6) is 0. The van der Waals surface area contributed by atoms with Gasteiger partial charge in [-0.25, -0.2) is 0 Å². The van der Waals surface area contributed by atoms with Gasteiger partial charge >= 0.3 is 85.8 Å². The summed E-state index contributed by atoms with van der Waals surface area (Å²) < 4.78 is 37.2. The SMILES string of the molecule is O=[Si](O)F.O=[Si](O)F.[CaH2].[NaH].